The zero-order chi connectivity index (χ0) is 27.4. The van der Waals surface area contributed by atoms with Crippen molar-refractivity contribution in [3.8, 4) is 0 Å². The van der Waals surface area contributed by atoms with Crippen molar-refractivity contribution < 1.29 is 38.7 Å². The van der Waals surface area contributed by atoms with Crippen molar-refractivity contribution in [2.45, 2.75) is 33.7 Å². The lowest BCUT2D eigenvalue weighted by molar-refractivity contribution is -0.895. The number of H-pyrrole nitrogens is 1. The highest BCUT2D eigenvalue weighted by molar-refractivity contribution is 6.46. The van der Waals surface area contributed by atoms with Crippen LogP contribution < -0.4 is 10.0 Å². The molecule has 2 aromatic rings. The molecule has 1 atom stereocenters. The van der Waals surface area contributed by atoms with Crippen LogP contribution in [0.1, 0.15) is 63.1 Å². The lowest BCUT2D eigenvalue weighted by Gasteiger charge is -2.28. The number of aromatic amines is 1. The Morgan fingerprint density at radius 3 is 2.16 bits per heavy atom. The fourth-order valence-electron chi connectivity index (χ4n) is 4.78. The number of esters is 2. The number of carbonyl (C=O) groups excluding carboxylic acids is 4. The minimum atomic E-state index is -0.940. The maximum atomic E-state index is 13.9. The number of Topliss-reactive ketones (excluding diaryl/α,β-unsaturated/α-hetero) is 1. The van der Waals surface area contributed by atoms with Gasteiger partial charge in [0.2, 0.25) is 5.78 Å². The Bertz CT molecular complexity index is 1240. The second kappa shape index (κ2) is 11.4. The van der Waals surface area contributed by atoms with Crippen LogP contribution in [-0.4, -0.2) is 73.9 Å². The van der Waals surface area contributed by atoms with Gasteiger partial charge in [-0.15, -0.1) is 0 Å². The molecule has 2 heterocycles. The number of ether oxygens (including phenoxy) is 2. The van der Waals surface area contributed by atoms with Gasteiger partial charge in [0.15, 0.2) is 0 Å². The Balaban J connectivity index is 2.18. The topological polar surface area (TPSA) is 133 Å². The van der Waals surface area contributed by atoms with E-state index in [1.54, 1.807) is 26.0 Å². The molecule has 1 unspecified atom stereocenters. The van der Waals surface area contributed by atoms with Gasteiger partial charge in [-0.1, -0.05) is 17.9 Å². The summed E-state index contributed by atoms with van der Waals surface area (Å²) in [7, 11) is 2.51. The van der Waals surface area contributed by atoms with Crippen molar-refractivity contribution in [3.63, 3.8) is 0 Å². The highest BCUT2D eigenvalue weighted by Crippen LogP contribution is 2.39. The number of quaternary nitrogens is 1. The number of aromatic nitrogens is 1. The Labute approximate surface area is 215 Å². The summed E-state index contributed by atoms with van der Waals surface area (Å²) in [5.41, 5.74) is 1.63. The Morgan fingerprint density at radius 2 is 1.62 bits per heavy atom. The van der Waals surface area contributed by atoms with Gasteiger partial charge in [0.1, 0.15) is 5.69 Å². The number of hydrogen-bond donors (Lipinski definition) is 2. The van der Waals surface area contributed by atoms with Gasteiger partial charge in [0.25, 0.3) is 5.91 Å². The highest BCUT2D eigenvalue weighted by Gasteiger charge is 2.44. The van der Waals surface area contributed by atoms with Crippen LogP contribution in [0.3, 0.4) is 0 Å². The number of rotatable bonds is 9. The van der Waals surface area contributed by atoms with Crippen molar-refractivity contribution >= 4 is 29.4 Å². The van der Waals surface area contributed by atoms with E-state index in [0.29, 0.717) is 28.9 Å². The number of ketones is 1. The molecule has 1 saturated heterocycles. The molecule has 10 nitrogen and oxygen atoms in total. The van der Waals surface area contributed by atoms with Crippen LogP contribution in [0.4, 0.5) is 0 Å². The maximum absolute atomic E-state index is 13.9. The third-order valence-corrected chi connectivity index (χ3v) is 6.94. The van der Waals surface area contributed by atoms with Gasteiger partial charge in [-0.2, -0.15) is 0 Å². The normalized spacial score (nSPS) is 16.9. The molecule has 198 valence electrons. The Kier molecular flexibility index (Phi) is 8.54. The molecule has 1 aliphatic rings. The molecule has 0 bridgehead atoms. The summed E-state index contributed by atoms with van der Waals surface area (Å²) < 4.78 is 9.55. The molecule has 0 spiro atoms. The smallest absolute Gasteiger partial charge is 0.354 e. The minimum absolute atomic E-state index is 0.113. The number of aryl methyl sites for hydroxylation is 1. The number of hydrogen-bond acceptors (Lipinski definition) is 7. The molecule has 0 saturated carbocycles. The van der Waals surface area contributed by atoms with Gasteiger partial charge < -0.3 is 29.4 Å². The molecule has 0 radical (unpaired) electrons. The SMILES string of the molecule is CC[NH+](CC)CCN1C(=O)C(=O)/C(=C(/[O-])c2c(C)[nH]c(C(=O)OC)c2C)C1c1ccc(C(=O)OC)cc1. The molecule has 0 aliphatic carbocycles. The lowest BCUT2D eigenvalue weighted by atomic mass is 9.93. The summed E-state index contributed by atoms with van der Waals surface area (Å²) in [5, 5.41) is 13.9. The number of nitrogens with one attached hydrogen (secondary N) is 2. The Hall–Kier alpha value is -3.92. The quantitative estimate of drug-likeness (QED) is 0.215. The van der Waals surface area contributed by atoms with Crippen LogP contribution in [-0.2, 0) is 19.1 Å². The zero-order valence-corrected chi connectivity index (χ0v) is 22.0. The average Bonchev–Trinajstić information content (AvgIpc) is 3.35. The first-order chi connectivity index (χ1) is 17.6. The summed E-state index contributed by atoms with van der Waals surface area (Å²) in [5.74, 6) is -3.42. The third-order valence-electron chi connectivity index (χ3n) is 6.94. The van der Waals surface area contributed by atoms with Gasteiger partial charge in [-0.3, -0.25) is 9.59 Å². The van der Waals surface area contributed by atoms with Crippen LogP contribution in [0, 0.1) is 13.8 Å². The van der Waals surface area contributed by atoms with Gasteiger partial charge in [0.05, 0.1) is 52.0 Å². The van der Waals surface area contributed by atoms with E-state index in [2.05, 4.69) is 4.98 Å². The van der Waals surface area contributed by atoms with E-state index in [4.69, 9.17) is 9.47 Å². The third kappa shape index (κ3) is 5.15. The number of benzene rings is 1. The summed E-state index contributed by atoms with van der Waals surface area (Å²) in [4.78, 5) is 56.2. The molecule has 1 aromatic carbocycles. The molecule has 2 N–H and O–H groups in total. The van der Waals surface area contributed by atoms with Crippen LogP contribution in [0.15, 0.2) is 29.8 Å². The lowest BCUT2D eigenvalue weighted by Crippen LogP contribution is -3.12. The summed E-state index contributed by atoms with van der Waals surface area (Å²) in [6, 6.07) is 5.36. The standard InChI is InChI=1S/C27H33N3O7/c1-7-29(8-2)13-14-30-22(17-9-11-18(12-10-17)26(34)36-5)20(24(32)25(30)33)23(31)19-15(3)21(27(35)37-6)28-16(19)4/h9-12,22,28,31H,7-8,13-14H2,1-6H3/b23-20+. The second-order valence-electron chi connectivity index (χ2n) is 8.91. The van der Waals surface area contributed by atoms with E-state index in [-0.39, 0.29) is 23.4 Å². The Morgan fingerprint density at radius 1 is 1.03 bits per heavy atom. The summed E-state index contributed by atoms with van der Waals surface area (Å²) in [6.07, 6.45) is 0. The number of nitrogens with zero attached hydrogens (tertiary/aromatic N) is 1. The largest absolute Gasteiger partial charge is 0.872 e. The number of carbonyl (C=O) groups is 4. The first kappa shape index (κ1) is 27.7. The van der Waals surface area contributed by atoms with Gasteiger partial charge in [-0.25, -0.2) is 9.59 Å². The average molecular weight is 512 g/mol. The number of likely N-dealkylation sites (N-methyl/N-ethyl adjacent to an activating group) is 1. The minimum Gasteiger partial charge on any atom is -0.872 e. The van der Waals surface area contributed by atoms with Crippen molar-refractivity contribution in [1.29, 1.82) is 0 Å². The maximum Gasteiger partial charge on any atom is 0.354 e. The van der Waals surface area contributed by atoms with Crippen LogP contribution in [0.25, 0.3) is 5.76 Å². The summed E-state index contributed by atoms with van der Waals surface area (Å²) in [6.45, 7) is 9.84. The van der Waals surface area contributed by atoms with E-state index in [9.17, 15) is 24.3 Å². The summed E-state index contributed by atoms with van der Waals surface area (Å²) >= 11 is 0. The van der Waals surface area contributed by atoms with Crippen molar-refractivity contribution in [2.75, 3.05) is 40.4 Å². The monoisotopic (exact) mass is 511 g/mol. The van der Waals surface area contributed by atoms with Gasteiger partial charge in [-0.05, 0) is 56.5 Å². The molecule has 37 heavy (non-hydrogen) atoms. The predicted molar refractivity (Wildman–Crippen MR) is 133 cm³/mol. The van der Waals surface area contributed by atoms with E-state index in [1.807, 2.05) is 13.8 Å². The number of likely N-dealkylation sites (tertiary alicyclic amines) is 1. The van der Waals surface area contributed by atoms with E-state index in [1.165, 1.54) is 36.2 Å². The number of methoxy groups -OCH3 is 2. The van der Waals surface area contributed by atoms with Crippen LogP contribution in [0.5, 0.6) is 0 Å². The first-order valence-corrected chi connectivity index (χ1v) is 12.2. The molecule has 1 aliphatic heterocycles. The molecule has 3 rings (SSSR count). The predicted octanol–water partition coefficient (Wildman–Crippen LogP) is 0.353. The molecule has 10 heteroatoms. The molecule has 1 amide bonds. The number of amides is 1. The van der Waals surface area contributed by atoms with Gasteiger partial charge >= 0.3 is 11.9 Å². The van der Waals surface area contributed by atoms with E-state index < -0.39 is 35.4 Å². The van der Waals surface area contributed by atoms with Crippen LogP contribution >= 0.6 is 0 Å². The molecular weight excluding hydrogens is 478 g/mol. The van der Waals surface area contributed by atoms with Gasteiger partial charge in [0, 0.05) is 11.3 Å². The van der Waals surface area contributed by atoms with Crippen LogP contribution in [0.2, 0.25) is 0 Å². The molecular formula is C27H33N3O7. The molecule has 1 fully saturated rings. The first-order valence-electron chi connectivity index (χ1n) is 12.2. The van der Waals surface area contributed by atoms with Crippen molar-refractivity contribution in [3.05, 3.63) is 63.5 Å². The second-order valence-corrected chi connectivity index (χ2v) is 8.91. The highest BCUT2D eigenvalue weighted by atomic mass is 16.5. The van der Waals surface area contributed by atoms with Crippen molar-refractivity contribution in [1.82, 2.24) is 9.88 Å². The van der Waals surface area contributed by atoms with E-state index in [0.717, 1.165) is 13.1 Å². The zero-order valence-electron chi connectivity index (χ0n) is 22.0. The van der Waals surface area contributed by atoms with E-state index >= 15 is 0 Å². The van der Waals surface area contributed by atoms with Crippen molar-refractivity contribution in [2.24, 2.45) is 0 Å². The molecule has 1 aromatic heterocycles. The fourth-order valence-corrected chi connectivity index (χ4v) is 4.78. The fraction of sp³-hybridized carbons (Fsp3) is 0.407.